The molecule has 0 radical (unpaired) electrons. The average molecular weight is 617 g/mol. The summed E-state index contributed by atoms with van der Waals surface area (Å²) in [6.07, 6.45) is 3.07. The molecule has 2 aromatic carbocycles. The van der Waals surface area contributed by atoms with E-state index in [2.05, 4.69) is 9.80 Å². The molecule has 1 aliphatic carbocycles. The lowest BCUT2D eigenvalue weighted by Gasteiger charge is -2.54. The molecule has 44 heavy (non-hydrogen) atoms. The monoisotopic (exact) mass is 616 g/mol. The number of hydrogen-bond acceptors (Lipinski definition) is 8. The van der Waals surface area contributed by atoms with E-state index >= 15 is 0 Å². The number of rotatable bonds is 9. The fourth-order valence-electron chi connectivity index (χ4n) is 6.36. The highest BCUT2D eigenvalue weighted by Gasteiger charge is 2.44. The molecule has 2 saturated heterocycles. The van der Waals surface area contributed by atoms with Crippen LogP contribution >= 0.6 is 11.6 Å². The molecule has 4 aromatic rings. The molecule has 10 nitrogen and oxygen atoms in total. The molecule has 7 rings (SSSR count). The van der Waals surface area contributed by atoms with Crippen LogP contribution in [0.4, 0.5) is 10.2 Å². The molecule has 0 amide bonds. The number of aromatic carboxylic acids is 1. The quantitative estimate of drug-likeness (QED) is 0.277. The number of nitrogens with zero attached hydrogens (tertiary/aromatic N) is 6. The minimum atomic E-state index is -1.07. The number of carbonyl (C=O) groups is 1. The molecule has 3 aliphatic rings. The van der Waals surface area contributed by atoms with Gasteiger partial charge in [0.2, 0.25) is 5.88 Å². The van der Waals surface area contributed by atoms with Crippen LogP contribution in [0.1, 0.15) is 46.6 Å². The van der Waals surface area contributed by atoms with Crippen LogP contribution in [0.2, 0.25) is 5.02 Å². The minimum absolute atomic E-state index is 0.0126. The molecule has 12 heteroatoms. The molecule has 226 valence electrons. The van der Waals surface area contributed by atoms with E-state index in [9.17, 15) is 14.3 Å². The second-order valence-electron chi connectivity index (χ2n) is 11.4. The molecular weight excluding hydrogens is 587 g/mol. The lowest BCUT2D eigenvalue weighted by Crippen LogP contribution is -2.64. The second-order valence-corrected chi connectivity index (χ2v) is 11.8. The molecule has 0 unspecified atom stereocenters. The fourth-order valence-corrected chi connectivity index (χ4v) is 6.70. The van der Waals surface area contributed by atoms with Crippen molar-refractivity contribution in [1.82, 2.24) is 19.4 Å². The van der Waals surface area contributed by atoms with E-state index in [1.165, 1.54) is 12.1 Å². The summed E-state index contributed by atoms with van der Waals surface area (Å²) in [5.74, 6) is 0.534. The van der Waals surface area contributed by atoms with Gasteiger partial charge < -0.3 is 24.0 Å². The Bertz CT molecular complexity index is 1790. The van der Waals surface area contributed by atoms with Gasteiger partial charge in [-0.1, -0.05) is 23.7 Å². The number of hydrogen-bond donors (Lipinski definition) is 1. The van der Waals surface area contributed by atoms with Crippen molar-refractivity contribution in [2.24, 2.45) is 0 Å². The molecule has 1 saturated carbocycles. The molecular formula is C32H30ClFN6O4. The fraction of sp³-hybridized carbons (Fsp3) is 0.375. The van der Waals surface area contributed by atoms with E-state index in [4.69, 9.17) is 36.3 Å². The number of fused-ring (bicyclic) bond motifs is 2. The third-order valence-electron chi connectivity index (χ3n) is 8.94. The number of imidazole rings is 1. The summed E-state index contributed by atoms with van der Waals surface area (Å²) in [6, 6.07) is 15.7. The van der Waals surface area contributed by atoms with E-state index in [1.807, 2.05) is 22.8 Å². The van der Waals surface area contributed by atoms with E-state index in [0.717, 1.165) is 50.6 Å². The SMILES string of the molecule is N#Cc1ccc(COc2cccc(N3CCN(Cc4nc5ccc(C(=O)O)c(Cl)c5n4C[C@H]4CCO4)[C@@H]4CC[C@@H]43)n2)c(F)c1. The molecule has 4 heterocycles. The predicted octanol–water partition coefficient (Wildman–Crippen LogP) is 5.01. The van der Waals surface area contributed by atoms with Gasteiger partial charge in [-0.3, -0.25) is 4.90 Å². The molecule has 3 atom stereocenters. The summed E-state index contributed by atoms with van der Waals surface area (Å²) in [4.78, 5) is 26.2. The highest BCUT2D eigenvalue weighted by Crippen LogP contribution is 2.38. The number of benzene rings is 2. The van der Waals surface area contributed by atoms with E-state index in [-0.39, 0.29) is 34.9 Å². The maximum absolute atomic E-state index is 14.3. The van der Waals surface area contributed by atoms with Gasteiger partial charge in [-0.15, -0.1) is 0 Å². The summed E-state index contributed by atoms with van der Waals surface area (Å²) in [5.41, 5.74) is 2.01. The summed E-state index contributed by atoms with van der Waals surface area (Å²) in [6.45, 7) is 3.48. The summed E-state index contributed by atoms with van der Waals surface area (Å²) < 4.78 is 27.9. The third-order valence-corrected chi connectivity index (χ3v) is 9.32. The smallest absolute Gasteiger partial charge is 0.337 e. The zero-order chi connectivity index (χ0) is 30.4. The second kappa shape index (κ2) is 11.7. The van der Waals surface area contributed by atoms with Crippen molar-refractivity contribution in [3.63, 3.8) is 0 Å². The molecule has 2 aliphatic heterocycles. The summed E-state index contributed by atoms with van der Waals surface area (Å²) in [5, 5.41) is 18.8. The first-order valence-electron chi connectivity index (χ1n) is 14.7. The lowest BCUT2D eigenvalue weighted by atomic mass is 9.81. The standard InChI is InChI=1S/C32H30ClFN6O4/c33-30-22(32(41)42)6-7-24-31(30)40(16-21-10-13-43-21)28(36-24)17-38-11-12-39(26-9-8-25(26)38)27-2-1-3-29(37-27)44-18-20-5-4-19(15-35)14-23(20)34/h1-7,14,21,25-26H,8-13,16-18H2,(H,41,42)/t21-,25-,26+/m1/s1. The highest BCUT2D eigenvalue weighted by molar-refractivity contribution is 6.37. The number of halogens is 2. The maximum atomic E-state index is 14.3. The Hall–Kier alpha value is -4.24. The number of ether oxygens (including phenoxy) is 2. The largest absolute Gasteiger partial charge is 0.478 e. The zero-order valence-corrected chi connectivity index (χ0v) is 24.6. The predicted molar refractivity (Wildman–Crippen MR) is 160 cm³/mol. The Labute approximate surface area is 258 Å². The number of pyridine rings is 1. The average Bonchev–Trinajstić information content (AvgIpc) is 3.32. The van der Waals surface area contributed by atoms with Crippen LogP contribution in [0.3, 0.4) is 0 Å². The van der Waals surface area contributed by atoms with E-state index in [0.29, 0.717) is 41.6 Å². The van der Waals surface area contributed by atoms with Crippen molar-refractivity contribution in [2.75, 3.05) is 24.6 Å². The van der Waals surface area contributed by atoms with Gasteiger partial charge >= 0.3 is 5.97 Å². The Balaban J connectivity index is 1.08. The Morgan fingerprint density at radius 1 is 1.14 bits per heavy atom. The van der Waals surface area contributed by atoms with Crippen molar-refractivity contribution in [3.05, 3.63) is 81.9 Å². The first-order valence-corrected chi connectivity index (χ1v) is 15.1. The number of aromatic nitrogens is 3. The van der Waals surface area contributed by atoms with Gasteiger partial charge in [-0.2, -0.15) is 10.2 Å². The van der Waals surface area contributed by atoms with Crippen molar-refractivity contribution < 1.29 is 23.8 Å². The maximum Gasteiger partial charge on any atom is 0.337 e. The van der Waals surface area contributed by atoms with Gasteiger partial charge in [0.05, 0.1) is 52.4 Å². The first kappa shape index (κ1) is 28.5. The molecule has 2 aromatic heterocycles. The van der Waals surface area contributed by atoms with Crippen LogP contribution in [-0.2, 0) is 24.4 Å². The van der Waals surface area contributed by atoms with Crippen LogP contribution in [0, 0.1) is 17.1 Å². The Morgan fingerprint density at radius 3 is 2.68 bits per heavy atom. The van der Waals surface area contributed by atoms with Crippen LogP contribution < -0.4 is 9.64 Å². The summed E-state index contributed by atoms with van der Waals surface area (Å²) >= 11 is 6.63. The zero-order valence-electron chi connectivity index (χ0n) is 23.8. The molecule has 0 spiro atoms. The van der Waals surface area contributed by atoms with Crippen LogP contribution in [-0.4, -0.2) is 68.4 Å². The number of anilines is 1. The molecule has 1 N–H and O–H groups in total. The number of piperazine rings is 1. The van der Waals surface area contributed by atoms with Crippen molar-refractivity contribution >= 4 is 34.4 Å². The van der Waals surface area contributed by atoms with Gasteiger partial charge in [-0.05, 0) is 49.6 Å². The number of carboxylic acids is 1. The van der Waals surface area contributed by atoms with Crippen molar-refractivity contribution in [2.45, 2.75) is 57.1 Å². The molecule has 3 fully saturated rings. The van der Waals surface area contributed by atoms with E-state index in [1.54, 1.807) is 24.3 Å². The van der Waals surface area contributed by atoms with Crippen LogP contribution in [0.25, 0.3) is 11.0 Å². The van der Waals surface area contributed by atoms with Crippen LogP contribution in [0.5, 0.6) is 5.88 Å². The Morgan fingerprint density at radius 2 is 1.98 bits per heavy atom. The third kappa shape index (κ3) is 5.23. The normalized spacial score (nSPS) is 21.3. The minimum Gasteiger partial charge on any atom is -0.478 e. The van der Waals surface area contributed by atoms with Gasteiger partial charge in [0.1, 0.15) is 24.1 Å². The number of carboxylic acid groups (broad SMARTS) is 1. The summed E-state index contributed by atoms with van der Waals surface area (Å²) in [7, 11) is 0. The van der Waals surface area contributed by atoms with Crippen molar-refractivity contribution in [3.8, 4) is 11.9 Å². The van der Waals surface area contributed by atoms with Crippen LogP contribution in [0.15, 0.2) is 48.5 Å². The van der Waals surface area contributed by atoms with E-state index < -0.39 is 11.8 Å². The first-order chi connectivity index (χ1) is 21.4. The highest BCUT2D eigenvalue weighted by atomic mass is 35.5. The van der Waals surface area contributed by atoms with Gasteiger partial charge in [-0.25, -0.2) is 14.2 Å². The topological polar surface area (TPSA) is 117 Å². The molecule has 0 bridgehead atoms. The van der Waals surface area contributed by atoms with Gasteiger partial charge in [0.25, 0.3) is 0 Å². The lowest BCUT2D eigenvalue weighted by molar-refractivity contribution is -0.0594. The van der Waals surface area contributed by atoms with Gasteiger partial charge in [0.15, 0.2) is 0 Å². The van der Waals surface area contributed by atoms with Crippen molar-refractivity contribution in [1.29, 1.82) is 5.26 Å². The van der Waals surface area contributed by atoms with Gasteiger partial charge in [0, 0.05) is 43.4 Å². The Kier molecular flexibility index (Phi) is 7.58. The number of nitriles is 1.